The summed E-state index contributed by atoms with van der Waals surface area (Å²) in [7, 11) is 8.96. The Hall–Kier alpha value is -3.55. The molecule has 8 heteroatoms. The van der Waals surface area contributed by atoms with Gasteiger partial charge in [0.25, 0.3) is 0 Å². The summed E-state index contributed by atoms with van der Waals surface area (Å²) in [5.41, 5.74) is 0.485. The van der Waals surface area contributed by atoms with Crippen LogP contribution in [0.15, 0.2) is 33.5 Å². The van der Waals surface area contributed by atoms with Gasteiger partial charge in [-0.1, -0.05) is 0 Å². The second-order valence-electron chi connectivity index (χ2n) is 5.90. The Labute approximate surface area is 167 Å². The molecule has 0 saturated carbocycles. The molecule has 0 fully saturated rings. The Morgan fingerprint density at radius 2 is 1.31 bits per heavy atom. The summed E-state index contributed by atoms with van der Waals surface area (Å²) in [5, 5.41) is 0.309. The van der Waals surface area contributed by atoms with Crippen molar-refractivity contribution >= 4 is 11.0 Å². The minimum Gasteiger partial charge on any atom is -0.496 e. The summed E-state index contributed by atoms with van der Waals surface area (Å²) >= 11 is 0. The van der Waals surface area contributed by atoms with Crippen molar-refractivity contribution < 1.29 is 32.8 Å². The second-order valence-corrected chi connectivity index (χ2v) is 5.90. The van der Waals surface area contributed by atoms with Crippen LogP contribution in [0.3, 0.4) is 0 Å². The molecule has 0 atom stereocenters. The third kappa shape index (κ3) is 3.37. The lowest BCUT2D eigenvalue weighted by Crippen LogP contribution is -2.05. The number of fused-ring (bicyclic) bond motifs is 1. The highest BCUT2D eigenvalue weighted by Crippen LogP contribution is 2.50. The van der Waals surface area contributed by atoms with Gasteiger partial charge in [-0.25, -0.2) is 0 Å². The lowest BCUT2D eigenvalue weighted by Gasteiger charge is -2.18. The van der Waals surface area contributed by atoms with E-state index in [1.165, 1.54) is 48.7 Å². The van der Waals surface area contributed by atoms with Gasteiger partial charge in [-0.3, -0.25) is 4.79 Å². The fraction of sp³-hybridized carbons (Fsp3) is 0.286. The molecule has 154 valence electrons. The molecule has 0 amide bonds. The van der Waals surface area contributed by atoms with Gasteiger partial charge < -0.3 is 32.8 Å². The fourth-order valence-corrected chi connectivity index (χ4v) is 3.16. The molecule has 1 aromatic heterocycles. The molecule has 0 aliphatic rings. The molecule has 3 rings (SSSR count). The molecule has 0 bridgehead atoms. The minimum atomic E-state index is -0.281. The number of ether oxygens (including phenoxy) is 6. The summed E-state index contributed by atoms with van der Waals surface area (Å²) in [4.78, 5) is 12.9. The van der Waals surface area contributed by atoms with Crippen LogP contribution in [0.25, 0.3) is 22.3 Å². The van der Waals surface area contributed by atoms with E-state index >= 15 is 0 Å². The summed E-state index contributed by atoms with van der Waals surface area (Å²) in [6.07, 6.45) is 0. The smallest absolute Gasteiger partial charge is 0.208 e. The van der Waals surface area contributed by atoms with Gasteiger partial charge in [0.2, 0.25) is 11.5 Å². The predicted molar refractivity (Wildman–Crippen MR) is 107 cm³/mol. The fourth-order valence-electron chi connectivity index (χ4n) is 3.16. The zero-order chi connectivity index (χ0) is 21.1. The highest BCUT2D eigenvalue weighted by atomic mass is 16.5. The third-order valence-corrected chi connectivity index (χ3v) is 4.48. The molecular weight excluding hydrogens is 380 g/mol. The van der Waals surface area contributed by atoms with Crippen LogP contribution in [0, 0.1) is 0 Å². The first-order valence-corrected chi connectivity index (χ1v) is 8.60. The van der Waals surface area contributed by atoms with E-state index in [0.717, 1.165) is 0 Å². The Morgan fingerprint density at radius 3 is 1.86 bits per heavy atom. The highest BCUT2D eigenvalue weighted by molar-refractivity contribution is 5.87. The molecule has 0 N–H and O–H groups in total. The monoisotopic (exact) mass is 402 g/mol. The molecule has 1 heterocycles. The van der Waals surface area contributed by atoms with E-state index < -0.39 is 0 Å². The van der Waals surface area contributed by atoms with Crippen molar-refractivity contribution in [1.82, 2.24) is 0 Å². The van der Waals surface area contributed by atoms with Crippen LogP contribution in [0.1, 0.15) is 0 Å². The van der Waals surface area contributed by atoms with Crippen molar-refractivity contribution in [1.29, 1.82) is 0 Å². The standard InChI is InChI=1S/C21H22O8/c1-23-11-7-15(24-2)18-13(22)10-14(29-16(18)8-11)12-9-17(25-3)20(27-5)21(28-6)19(12)26-4/h7-10H,1-6H3. The van der Waals surface area contributed by atoms with Crippen LogP contribution in [-0.4, -0.2) is 42.7 Å². The van der Waals surface area contributed by atoms with E-state index in [0.29, 0.717) is 51.0 Å². The van der Waals surface area contributed by atoms with Crippen LogP contribution in [-0.2, 0) is 0 Å². The van der Waals surface area contributed by atoms with Gasteiger partial charge in [-0.2, -0.15) is 0 Å². The third-order valence-electron chi connectivity index (χ3n) is 4.48. The van der Waals surface area contributed by atoms with Crippen molar-refractivity contribution in [2.45, 2.75) is 0 Å². The quantitative estimate of drug-likeness (QED) is 0.594. The first-order chi connectivity index (χ1) is 14.0. The molecule has 8 nitrogen and oxygen atoms in total. The molecule has 29 heavy (non-hydrogen) atoms. The Morgan fingerprint density at radius 1 is 0.655 bits per heavy atom. The first kappa shape index (κ1) is 20.2. The van der Waals surface area contributed by atoms with E-state index in [9.17, 15) is 4.79 Å². The summed E-state index contributed by atoms with van der Waals surface area (Å²) < 4.78 is 38.4. The molecule has 0 radical (unpaired) electrons. The summed E-state index contributed by atoms with van der Waals surface area (Å²) in [6.45, 7) is 0. The van der Waals surface area contributed by atoms with Gasteiger partial charge >= 0.3 is 0 Å². The molecule has 0 saturated heterocycles. The largest absolute Gasteiger partial charge is 0.496 e. The zero-order valence-corrected chi connectivity index (χ0v) is 17.1. The van der Waals surface area contributed by atoms with Crippen molar-refractivity contribution in [3.63, 3.8) is 0 Å². The van der Waals surface area contributed by atoms with Crippen molar-refractivity contribution in [3.05, 3.63) is 34.5 Å². The summed E-state index contributed by atoms with van der Waals surface area (Å²) in [6, 6.07) is 6.26. The van der Waals surface area contributed by atoms with Gasteiger partial charge in [-0.15, -0.1) is 0 Å². The van der Waals surface area contributed by atoms with Crippen molar-refractivity contribution in [2.24, 2.45) is 0 Å². The maximum Gasteiger partial charge on any atom is 0.208 e. The van der Waals surface area contributed by atoms with E-state index in [2.05, 4.69) is 0 Å². The Balaban J connectivity index is 2.37. The molecule has 0 aliphatic heterocycles. The van der Waals surface area contributed by atoms with Crippen LogP contribution >= 0.6 is 0 Å². The van der Waals surface area contributed by atoms with E-state index in [-0.39, 0.29) is 11.2 Å². The second kappa shape index (κ2) is 8.22. The van der Waals surface area contributed by atoms with Gasteiger partial charge in [0.05, 0.1) is 48.2 Å². The van der Waals surface area contributed by atoms with Gasteiger partial charge in [-0.05, 0) is 6.07 Å². The predicted octanol–water partition coefficient (Wildman–Crippen LogP) is 3.51. The van der Waals surface area contributed by atoms with Crippen LogP contribution in [0.2, 0.25) is 0 Å². The average molecular weight is 402 g/mol. The molecule has 0 unspecified atom stereocenters. The molecular formula is C21H22O8. The highest BCUT2D eigenvalue weighted by Gasteiger charge is 2.24. The Kier molecular flexibility index (Phi) is 5.72. The number of hydrogen-bond acceptors (Lipinski definition) is 8. The number of methoxy groups -OCH3 is 6. The normalized spacial score (nSPS) is 10.6. The van der Waals surface area contributed by atoms with Crippen molar-refractivity contribution in [2.75, 3.05) is 42.7 Å². The van der Waals surface area contributed by atoms with E-state index in [1.807, 2.05) is 0 Å². The van der Waals surface area contributed by atoms with Gasteiger partial charge in [0.1, 0.15) is 28.2 Å². The maximum absolute atomic E-state index is 12.9. The molecule has 0 spiro atoms. The average Bonchev–Trinajstić information content (AvgIpc) is 2.75. The Bertz CT molecular complexity index is 1100. The topological polar surface area (TPSA) is 85.6 Å². The summed E-state index contributed by atoms with van der Waals surface area (Å²) in [5.74, 6) is 2.52. The van der Waals surface area contributed by atoms with Crippen molar-refractivity contribution in [3.8, 4) is 45.8 Å². The lowest BCUT2D eigenvalue weighted by atomic mass is 10.1. The lowest BCUT2D eigenvalue weighted by molar-refractivity contribution is 0.306. The van der Waals surface area contributed by atoms with Gasteiger partial charge in [0, 0.05) is 18.2 Å². The molecule has 0 aliphatic carbocycles. The minimum absolute atomic E-state index is 0.258. The SMILES string of the molecule is COc1cc(OC)c2c(=O)cc(-c3cc(OC)c(OC)c(OC)c3OC)oc2c1. The van der Waals surface area contributed by atoms with Crippen LogP contribution < -0.4 is 33.8 Å². The van der Waals surface area contributed by atoms with E-state index in [4.69, 9.17) is 32.8 Å². The maximum atomic E-state index is 12.9. The number of benzene rings is 2. The number of rotatable bonds is 7. The van der Waals surface area contributed by atoms with E-state index in [1.54, 1.807) is 18.2 Å². The molecule has 3 aromatic rings. The van der Waals surface area contributed by atoms with Crippen LogP contribution in [0.5, 0.6) is 34.5 Å². The number of hydrogen-bond donors (Lipinski definition) is 0. The van der Waals surface area contributed by atoms with Gasteiger partial charge in [0.15, 0.2) is 16.9 Å². The molecule has 2 aromatic carbocycles. The first-order valence-electron chi connectivity index (χ1n) is 8.60. The van der Waals surface area contributed by atoms with Crippen LogP contribution in [0.4, 0.5) is 0 Å². The zero-order valence-electron chi connectivity index (χ0n) is 17.1.